The number of hydrogen-bond acceptors (Lipinski definition) is 3. The zero-order valence-corrected chi connectivity index (χ0v) is 9.14. The lowest BCUT2D eigenvalue weighted by atomic mass is 10.2. The van der Waals surface area contributed by atoms with E-state index in [1.54, 1.807) is 9.95 Å². The molecule has 0 bridgehead atoms. The van der Waals surface area contributed by atoms with Crippen molar-refractivity contribution < 1.29 is 14.1 Å². The van der Waals surface area contributed by atoms with Gasteiger partial charge in [0.25, 0.3) is 0 Å². The minimum absolute atomic E-state index is 0.267. The van der Waals surface area contributed by atoms with Crippen LogP contribution in [-0.2, 0) is 11.8 Å². The molecule has 0 amide bonds. The van der Waals surface area contributed by atoms with E-state index in [4.69, 9.17) is 4.74 Å². The number of carbonyl (C=O) groups excluding carboxylic acids is 1. The van der Waals surface area contributed by atoms with Crippen molar-refractivity contribution in [2.24, 2.45) is 7.05 Å². The zero-order valence-electron chi connectivity index (χ0n) is 8.33. The molecular formula is C9H14NO2S+. The predicted octanol–water partition coefficient (Wildman–Crippen LogP) is 1.53. The van der Waals surface area contributed by atoms with Crippen molar-refractivity contribution in [3.05, 3.63) is 16.6 Å². The van der Waals surface area contributed by atoms with Crippen LogP contribution < -0.4 is 4.57 Å². The molecule has 13 heavy (non-hydrogen) atoms. The van der Waals surface area contributed by atoms with Crippen molar-refractivity contribution in [1.82, 2.24) is 0 Å². The SMILES string of the molecule is C[n+]1cscc1C(=O)OC(C)(C)C. The summed E-state index contributed by atoms with van der Waals surface area (Å²) >= 11 is 1.48. The molecule has 0 saturated carbocycles. The average molecular weight is 200 g/mol. The highest BCUT2D eigenvalue weighted by Gasteiger charge is 2.24. The van der Waals surface area contributed by atoms with E-state index in [9.17, 15) is 4.79 Å². The summed E-state index contributed by atoms with van der Waals surface area (Å²) < 4.78 is 6.97. The van der Waals surface area contributed by atoms with Gasteiger partial charge in [-0.1, -0.05) is 11.3 Å². The van der Waals surface area contributed by atoms with E-state index in [-0.39, 0.29) is 5.97 Å². The van der Waals surface area contributed by atoms with Crippen molar-refractivity contribution >= 4 is 17.3 Å². The Morgan fingerprint density at radius 3 is 2.54 bits per heavy atom. The van der Waals surface area contributed by atoms with Crippen molar-refractivity contribution in [2.45, 2.75) is 26.4 Å². The molecule has 0 atom stereocenters. The summed E-state index contributed by atoms with van der Waals surface area (Å²) in [5, 5.41) is 1.79. The Morgan fingerprint density at radius 1 is 1.54 bits per heavy atom. The molecule has 0 fully saturated rings. The smallest absolute Gasteiger partial charge is 0.405 e. The summed E-state index contributed by atoms with van der Waals surface area (Å²) in [5.41, 5.74) is 2.03. The molecule has 72 valence electrons. The van der Waals surface area contributed by atoms with Gasteiger partial charge in [0.1, 0.15) is 12.6 Å². The van der Waals surface area contributed by atoms with Gasteiger partial charge in [0.15, 0.2) is 0 Å². The number of aryl methyl sites for hydroxylation is 1. The van der Waals surface area contributed by atoms with Gasteiger partial charge in [0, 0.05) is 0 Å². The van der Waals surface area contributed by atoms with Crippen molar-refractivity contribution in [3.8, 4) is 0 Å². The van der Waals surface area contributed by atoms with Gasteiger partial charge in [-0.05, 0) is 20.8 Å². The number of hydrogen-bond donors (Lipinski definition) is 0. The third kappa shape index (κ3) is 2.81. The van der Waals surface area contributed by atoms with Crippen LogP contribution in [0, 0.1) is 0 Å². The molecule has 0 aliphatic carbocycles. The summed E-state index contributed by atoms with van der Waals surface area (Å²) in [6, 6.07) is 0. The number of rotatable bonds is 1. The highest BCUT2D eigenvalue weighted by atomic mass is 32.1. The predicted molar refractivity (Wildman–Crippen MR) is 50.7 cm³/mol. The fraction of sp³-hybridized carbons (Fsp3) is 0.556. The van der Waals surface area contributed by atoms with Crippen molar-refractivity contribution in [1.29, 1.82) is 0 Å². The van der Waals surface area contributed by atoms with Gasteiger partial charge < -0.3 is 4.74 Å². The number of esters is 1. The minimum Gasteiger partial charge on any atom is -0.452 e. The van der Waals surface area contributed by atoms with E-state index in [1.807, 2.05) is 33.3 Å². The number of ether oxygens (including phenoxy) is 1. The van der Waals surface area contributed by atoms with Gasteiger partial charge in [-0.25, -0.2) is 4.79 Å². The van der Waals surface area contributed by atoms with Crippen LogP contribution in [0.15, 0.2) is 10.9 Å². The first-order valence-corrected chi connectivity index (χ1v) is 4.99. The topological polar surface area (TPSA) is 30.2 Å². The van der Waals surface area contributed by atoms with Crippen LogP contribution in [0.25, 0.3) is 0 Å². The number of nitrogens with zero attached hydrogens (tertiary/aromatic N) is 1. The lowest BCUT2D eigenvalue weighted by Crippen LogP contribution is -2.36. The Hall–Kier alpha value is -0.900. The van der Waals surface area contributed by atoms with Crippen LogP contribution in [0.5, 0.6) is 0 Å². The minimum atomic E-state index is -0.425. The molecule has 1 aromatic rings. The highest BCUT2D eigenvalue weighted by Crippen LogP contribution is 2.10. The molecule has 0 radical (unpaired) electrons. The van der Waals surface area contributed by atoms with Crippen LogP contribution in [-0.4, -0.2) is 11.6 Å². The Morgan fingerprint density at radius 2 is 2.15 bits per heavy atom. The Bertz CT molecular complexity index is 312. The quantitative estimate of drug-likeness (QED) is 0.508. The van der Waals surface area contributed by atoms with Crippen molar-refractivity contribution in [2.75, 3.05) is 0 Å². The molecule has 1 rings (SSSR count). The maximum atomic E-state index is 11.5. The highest BCUT2D eigenvalue weighted by molar-refractivity contribution is 7.07. The second-order valence-corrected chi connectivity index (χ2v) is 4.58. The molecule has 0 saturated heterocycles. The van der Waals surface area contributed by atoms with Gasteiger partial charge in [0.05, 0.1) is 5.38 Å². The third-order valence-electron chi connectivity index (χ3n) is 1.39. The molecule has 0 unspecified atom stereocenters. The van der Waals surface area contributed by atoms with Crippen LogP contribution >= 0.6 is 11.3 Å². The Labute approximate surface area is 82.0 Å². The Kier molecular flexibility index (Phi) is 2.71. The molecule has 1 aromatic heterocycles. The van der Waals surface area contributed by atoms with Crippen LogP contribution in [0.3, 0.4) is 0 Å². The normalized spacial score (nSPS) is 11.4. The van der Waals surface area contributed by atoms with Crippen LogP contribution in [0.2, 0.25) is 0 Å². The van der Waals surface area contributed by atoms with Gasteiger partial charge in [-0.2, -0.15) is 4.57 Å². The third-order valence-corrected chi connectivity index (χ3v) is 2.18. The summed E-state index contributed by atoms with van der Waals surface area (Å²) in [7, 11) is 1.83. The van der Waals surface area contributed by atoms with E-state index >= 15 is 0 Å². The first kappa shape index (κ1) is 10.2. The average Bonchev–Trinajstić information content (AvgIpc) is 2.30. The summed E-state index contributed by atoms with van der Waals surface area (Å²) in [5.74, 6) is -0.267. The second kappa shape index (κ2) is 3.46. The maximum absolute atomic E-state index is 11.5. The van der Waals surface area contributed by atoms with Crippen molar-refractivity contribution in [3.63, 3.8) is 0 Å². The van der Waals surface area contributed by atoms with Gasteiger partial charge in [-0.3, -0.25) is 0 Å². The lowest BCUT2D eigenvalue weighted by molar-refractivity contribution is -0.669. The van der Waals surface area contributed by atoms with E-state index in [0.717, 1.165) is 0 Å². The number of carbonyl (C=O) groups is 1. The molecule has 4 heteroatoms. The van der Waals surface area contributed by atoms with E-state index in [0.29, 0.717) is 5.69 Å². The van der Waals surface area contributed by atoms with Gasteiger partial charge >= 0.3 is 11.7 Å². The first-order valence-electron chi connectivity index (χ1n) is 4.05. The van der Waals surface area contributed by atoms with E-state index in [2.05, 4.69) is 0 Å². The molecule has 3 nitrogen and oxygen atoms in total. The molecular weight excluding hydrogens is 186 g/mol. The first-order chi connectivity index (χ1) is 5.90. The molecule has 0 aliphatic rings. The second-order valence-electron chi connectivity index (χ2n) is 3.86. The largest absolute Gasteiger partial charge is 0.452 e. The van der Waals surface area contributed by atoms with Crippen LogP contribution in [0.4, 0.5) is 0 Å². The molecule has 0 aliphatic heterocycles. The zero-order chi connectivity index (χ0) is 10.1. The standard InChI is InChI=1S/C9H14NO2S/c1-9(2,3)12-8(11)7-5-13-6-10(7)4/h5-6H,1-4H3/q+1. The fourth-order valence-corrected chi connectivity index (χ4v) is 1.60. The lowest BCUT2D eigenvalue weighted by Gasteiger charge is -2.17. The number of aromatic nitrogens is 1. The molecule has 0 spiro atoms. The monoisotopic (exact) mass is 200 g/mol. The number of thiazole rings is 1. The van der Waals surface area contributed by atoms with Gasteiger partial charge in [-0.15, -0.1) is 0 Å². The van der Waals surface area contributed by atoms with Gasteiger partial charge in [0.2, 0.25) is 5.51 Å². The summed E-state index contributed by atoms with van der Waals surface area (Å²) in [6.45, 7) is 5.58. The van der Waals surface area contributed by atoms with E-state index in [1.165, 1.54) is 11.3 Å². The Balaban J connectivity index is 2.76. The molecule has 0 N–H and O–H groups in total. The summed E-state index contributed by atoms with van der Waals surface area (Å²) in [4.78, 5) is 11.5. The molecule has 0 aromatic carbocycles. The van der Waals surface area contributed by atoms with Crippen LogP contribution in [0.1, 0.15) is 31.3 Å². The fourth-order valence-electron chi connectivity index (χ4n) is 0.849. The van der Waals surface area contributed by atoms with E-state index < -0.39 is 5.60 Å². The maximum Gasteiger partial charge on any atom is 0.405 e. The molecule has 1 heterocycles. The summed E-state index contributed by atoms with van der Waals surface area (Å²) in [6.07, 6.45) is 0.